The zero-order valence-electron chi connectivity index (χ0n) is 11.7. The van der Waals surface area contributed by atoms with Crippen molar-refractivity contribution in [2.75, 3.05) is 0 Å². The topological polar surface area (TPSA) is 17.1 Å². The second-order valence-electron chi connectivity index (χ2n) is 5.61. The maximum atomic E-state index is 12.7. The van der Waals surface area contributed by atoms with Crippen molar-refractivity contribution < 1.29 is 4.79 Å². The highest BCUT2D eigenvalue weighted by Crippen LogP contribution is 2.43. The molecule has 1 nitrogen and oxygen atoms in total. The van der Waals surface area contributed by atoms with Gasteiger partial charge in [-0.05, 0) is 30.5 Å². The first kappa shape index (κ1) is 12.2. The van der Waals surface area contributed by atoms with Gasteiger partial charge < -0.3 is 0 Å². The van der Waals surface area contributed by atoms with Gasteiger partial charge in [-0.2, -0.15) is 0 Å². The Kier molecular flexibility index (Phi) is 2.60. The quantitative estimate of drug-likeness (QED) is 0.739. The SMILES string of the molecule is CCC1(C)c2ccccc2C(=O)c2cc(C)ccc21. The van der Waals surface area contributed by atoms with Gasteiger partial charge in [-0.3, -0.25) is 4.79 Å². The molecule has 1 aliphatic carbocycles. The smallest absolute Gasteiger partial charge is 0.193 e. The summed E-state index contributed by atoms with van der Waals surface area (Å²) in [5, 5.41) is 0. The molecule has 2 aromatic carbocycles. The Bertz CT molecular complexity index is 669. The van der Waals surface area contributed by atoms with E-state index in [1.54, 1.807) is 0 Å². The molecular weight excluding hydrogens is 232 g/mol. The highest BCUT2D eigenvalue weighted by atomic mass is 16.1. The zero-order valence-corrected chi connectivity index (χ0v) is 11.7. The number of hydrogen-bond acceptors (Lipinski definition) is 1. The third-order valence-electron chi connectivity index (χ3n) is 4.49. The molecule has 0 saturated heterocycles. The molecule has 0 amide bonds. The molecule has 0 N–H and O–H groups in total. The molecule has 0 heterocycles. The van der Waals surface area contributed by atoms with E-state index in [1.807, 2.05) is 31.2 Å². The van der Waals surface area contributed by atoms with E-state index in [2.05, 4.69) is 32.0 Å². The number of rotatable bonds is 1. The van der Waals surface area contributed by atoms with Gasteiger partial charge in [0.15, 0.2) is 5.78 Å². The van der Waals surface area contributed by atoms with Gasteiger partial charge in [0.25, 0.3) is 0 Å². The predicted molar refractivity (Wildman–Crippen MR) is 77.8 cm³/mol. The van der Waals surface area contributed by atoms with Gasteiger partial charge in [0.2, 0.25) is 0 Å². The first-order valence-electron chi connectivity index (χ1n) is 6.83. The Balaban J connectivity index is 2.37. The van der Waals surface area contributed by atoms with Crippen LogP contribution in [0.15, 0.2) is 42.5 Å². The van der Waals surface area contributed by atoms with Crippen molar-refractivity contribution in [3.63, 3.8) is 0 Å². The van der Waals surface area contributed by atoms with E-state index in [-0.39, 0.29) is 11.2 Å². The van der Waals surface area contributed by atoms with Crippen molar-refractivity contribution in [3.8, 4) is 0 Å². The van der Waals surface area contributed by atoms with Crippen LogP contribution in [0.1, 0.15) is 52.9 Å². The molecule has 0 bridgehead atoms. The van der Waals surface area contributed by atoms with E-state index < -0.39 is 0 Å². The van der Waals surface area contributed by atoms with Crippen LogP contribution >= 0.6 is 0 Å². The number of benzene rings is 2. The molecule has 0 spiro atoms. The number of aryl methyl sites for hydroxylation is 1. The van der Waals surface area contributed by atoms with Crippen LogP contribution < -0.4 is 0 Å². The summed E-state index contributed by atoms with van der Waals surface area (Å²) in [5.41, 5.74) is 5.16. The Morgan fingerprint density at radius 2 is 1.68 bits per heavy atom. The lowest BCUT2D eigenvalue weighted by Gasteiger charge is -2.36. The number of hydrogen-bond donors (Lipinski definition) is 0. The summed E-state index contributed by atoms with van der Waals surface area (Å²) in [7, 11) is 0. The summed E-state index contributed by atoms with van der Waals surface area (Å²) in [5.74, 6) is 0.167. The van der Waals surface area contributed by atoms with Crippen LogP contribution in [0.5, 0.6) is 0 Å². The highest BCUT2D eigenvalue weighted by molar-refractivity contribution is 6.13. The number of fused-ring (bicyclic) bond motifs is 2. The van der Waals surface area contributed by atoms with Gasteiger partial charge in [0.1, 0.15) is 0 Å². The van der Waals surface area contributed by atoms with Gasteiger partial charge >= 0.3 is 0 Å². The van der Waals surface area contributed by atoms with Crippen LogP contribution in [0.4, 0.5) is 0 Å². The molecule has 0 saturated carbocycles. The van der Waals surface area contributed by atoms with Crippen molar-refractivity contribution in [1.82, 2.24) is 0 Å². The van der Waals surface area contributed by atoms with E-state index in [9.17, 15) is 4.79 Å². The van der Waals surface area contributed by atoms with Crippen LogP contribution in [0.25, 0.3) is 0 Å². The van der Waals surface area contributed by atoms with E-state index in [0.717, 1.165) is 23.1 Å². The summed E-state index contributed by atoms with van der Waals surface area (Å²) in [6.45, 7) is 6.47. The lowest BCUT2D eigenvalue weighted by atomic mass is 9.66. The van der Waals surface area contributed by atoms with Crippen molar-refractivity contribution in [1.29, 1.82) is 0 Å². The maximum Gasteiger partial charge on any atom is 0.193 e. The third-order valence-corrected chi connectivity index (χ3v) is 4.49. The standard InChI is InChI=1S/C18H18O/c1-4-18(3)15-8-6-5-7-13(15)17(19)14-11-12(2)9-10-16(14)18/h5-11H,4H2,1-3H3. The molecule has 3 rings (SSSR count). The monoisotopic (exact) mass is 250 g/mol. The van der Waals surface area contributed by atoms with Crippen LogP contribution in [0.2, 0.25) is 0 Å². The normalized spacial score (nSPS) is 20.9. The van der Waals surface area contributed by atoms with Gasteiger partial charge in [-0.25, -0.2) is 0 Å². The van der Waals surface area contributed by atoms with Crippen LogP contribution in [-0.4, -0.2) is 5.78 Å². The number of carbonyl (C=O) groups is 1. The van der Waals surface area contributed by atoms with E-state index in [4.69, 9.17) is 0 Å². The number of ketones is 1. The number of carbonyl (C=O) groups excluding carboxylic acids is 1. The minimum Gasteiger partial charge on any atom is -0.289 e. The van der Waals surface area contributed by atoms with Crippen LogP contribution in [0, 0.1) is 6.92 Å². The largest absolute Gasteiger partial charge is 0.289 e. The molecule has 0 fully saturated rings. The summed E-state index contributed by atoms with van der Waals surface area (Å²) < 4.78 is 0. The fraction of sp³-hybridized carbons (Fsp3) is 0.278. The molecule has 19 heavy (non-hydrogen) atoms. The average Bonchev–Trinajstić information content (AvgIpc) is 2.44. The van der Waals surface area contributed by atoms with Crippen molar-refractivity contribution in [2.24, 2.45) is 0 Å². The molecule has 1 aliphatic rings. The molecule has 0 aromatic heterocycles. The van der Waals surface area contributed by atoms with Gasteiger partial charge in [0.05, 0.1) is 0 Å². The average molecular weight is 250 g/mol. The van der Waals surface area contributed by atoms with Gasteiger partial charge in [-0.15, -0.1) is 0 Å². The highest BCUT2D eigenvalue weighted by Gasteiger charge is 2.38. The lowest BCUT2D eigenvalue weighted by molar-refractivity contribution is 0.103. The lowest BCUT2D eigenvalue weighted by Crippen LogP contribution is -2.32. The molecule has 1 atom stereocenters. The minimum absolute atomic E-state index is 0.0620. The Hall–Kier alpha value is -1.89. The molecule has 1 unspecified atom stereocenters. The fourth-order valence-electron chi connectivity index (χ4n) is 3.16. The molecular formula is C18H18O. The van der Waals surface area contributed by atoms with Crippen LogP contribution in [-0.2, 0) is 5.41 Å². The van der Waals surface area contributed by atoms with Gasteiger partial charge in [-0.1, -0.05) is 55.8 Å². The maximum absolute atomic E-state index is 12.7. The van der Waals surface area contributed by atoms with Crippen molar-refractivity contribution >= 4 is 5.78 Å². The second kappa shape index (κ2) is 4.06. The third kappa shape index (κ3) is 1.58. The molecule has 1 heteroatoms. The Labute approximate surface area is 114 Å². The first-order chi connectivity index (χ1) is 9.08. The fourth-order valence-corrected chi connectivity index (χ4v) is 3.16. The molecule has 2 aromatic rings. The van der Waals surface area contributed by atoms with E-state index in [1.165, 1.54) is 11.1 Å². The molecule has 96 valence electrons. The summed E-state index contributed by atoms with van der Waals surface area (Å²) in [4.78, 5) is 12.7. The predicted octanol–water partition coefficient (Wildman–Crippen LogP) is 4.26. The van der Waals surface area contributed by atoms with Crippen molar-refractivity contribution in [2.45, 2.75) is 32.6 Å². The van der Waals surface area contributed by atoms with Crippen molar-refractivity contribution in [3.05, 3.63) is 70.3 Å². The summed E-state index contributed by atoms with van der Waals surface area (Å²) in [6, 6.07) is 14.3. The summed E-state index contributed by atoms with van der Waals surface area (Å²) >= 11 is 0. The van der Waals surface area contributed by atoms with E-state index >= 15 is 0 Å². The minimum atomic E-state index is -0.0620. The first-order valence-corrected chi connectivity index (χ1v) is 6.83. The second-order valence-corrected chi connectivity index (χ2v) is 5.61. The zero-order chi connectivity index (χ0) is 13.6. The van der Waals surface area contributed by atoms with E-state index in [0.29, 0.717) is 0 Å². The Morgan fingerprint density at radius 1 is 1.00 bits per heavy atom. The summed E-state index contributed by atoms with van der Waals surface area (Å²) in [6.07, 6.45) is 0.993. The van der Waals surface area contributed by atoms with Crippen LogP contribution in [0.3, 0.4) is 0 Å². The van der Waals surface area contributed by atoms with Gasteiger partial charge in [0, 0.05) is 16.5 Å². The molecule has 0 aliphatic heterocycles. The Morgan fingerprint density at radius 3 is 2.42 bits per heavy atom. The molecule has 0 radical (unpaired) electrons.